The first-order valence-corrected chi connectivity index (χ1v) is 6.36. The molecule has 0 bridgehead atoms. The van der Waals surface area contributed by atoms with Crippen LogP contribution in [0.2, 0.25) is 0 Å². The van der Waals surface area contributed by atoms with Crippen LogP contribution in [0, 0.1) is 0 Å². The Morgan fingerprint density at radius 2 is 2.26 bits per heavy atom. The first-order valence-electron chi connectivity index (χ1n) is 5.55. The van der Waals surface area contributed by atoms with Gasteiger partial charge in [-0.2, -0.15) is 13.2 Å². The lowest BCUT2D eigenvalue weighted by Crippen LogP contribution is -2.45. The monoisotopic (exact) mass is 317 g/mol. The van der Waals surface area contributed by atoms with Crippen molar-refractivity contribution in [2.24, 2.45) is 5.73 Å². The summed E-state index contributed by atoms with van der Waals surface area (Å²) in [5.74, 6) is 0. The van der Waals surface area contributed by atoms with Crippen molar-refractivity contribution in [3.05, 3.63) is 16.1 Å². The van der Waals surface area contributed by atoms with Crippen LogP contribution in [0.5, 0.6) is 0 Å². The van der Waals surface area contributed by atoms with Gasteiger partial charge in [0, 0.05) is 19.6 Å². The molecule has 0 radical (unpaired) electrons. The summed E-state index contributed by atoms with van der Waals surface area (Å²) < 4.78 is 42.6. The number of alkyl halides is 3. The molecule has 0 amide bonds. The number of thiazole rings is 1. The van der Waals surface area contributed by atoms with Crippen LogP contribution in [0.1, 0.15) is 9.88 Å². The van der Waals surface area contributed by atoms with Crippen LogP contribution in [-0.2, 0) is 17.5 Å². The molecule has 0 aromatic carbocycles. The fourth-order valence-electron chi connectivity index (χ4n) is 1.77. The molecule has 1 atom stereocenters. The zero-order chi connectivity index (χ0) is 13.2. The molecule has 0 spiro atoms. The SMILES string of the molecule is Cl.NCC1CN(Cc2ncc(C(F)(F)F)s2)CCO1. The van der Waals surface area contributed by atoms with E-state index in [4.69, 9.17) is 10.5 Å². The van der Waals surface area contributed by atoms with Crippen LogP contribution >= 0.6 is 23.7 Å². The minimum absolute atomic E-state index is 0. The van der Waals surface area contributed by atoms with E-state index < -0.39 is 11.1 Å². The third-order valence-electron chi connectivity index (χ3n) is 2.68. The second-order valence-electron chi connectivity index (χ2n) is 4.08. The molecule has 0 aliphatic carbocycles. The van der Waals surface area contributed by atoms with E-state index in [0.717, 1.165) is 6.20 Å². The summed E-state index contributed by atoms with van der Waals surface area (Å²) in [7, 11) is 0. The van der Waals surface area contributed by atoms with Gasteiger partial charge in [-0.05, 0) is 0 Å². The fourth-order valence-corrected chi connectivity index (χ4v) is 2.60. The van der Waals surface area contributed by atoms with Crippen molar-refractivity contribution in [3.8, 4) is 0 Å². The molecule has 2 heterocycles. The quantitative estimate of drug-likeness (QED) is 0.922. The summed E-state index contributed by atoms with van der Waals surface area (Å²) in [6.07, 6.45) is -3.46. The number of rotatable bonds is 3. The van der Waals surface area contributed by atoms with Gasteiger partial charge in [0.15, 0.2) is 0 Å². The van der Waals surface area contributed by atoms with Crippen LogP contribution in [0.3, 0.4) is 0 Å². The maximum atomic E-state index is 12.4. The Bertz CT molecular complexity index is 402. The van der Waals surface area contributed by atoms with Gasteiger partial charge in [-0.25, -0.2) is 4.98 Å². The molecule has 4 nitrogen and oxygen atoms in total. The third-order valence-corrected chi connectivity index (χ3v) is 3.70. The molecule has 9 heteroatoms. The number of nitrogens with two attached hydrogens (primary N) is 1. The van der Waals surface area contributed by atoms with E-state index in [-0.39, 0.29) is 18.5 Å². The zero-order valence-electron chi connectivity index (χ0n) is 10.0. The first kappa shape index (κ1) is 16.6. The molecule has 1 unspecified atom stereocenters. The number of morpholine rings is 1. The van der Waals surface area contributed by atoms with Crippen molar-refractivity contribution in [2.75, 3.05) is 26.2 Å². The average Bonchev–Trinajstić information content (AvgIpc) is 2.77. The Kier molecular flexibility index (Phi) is 6.00. The maximum Gasteiger partial charge on any atom is 0.427 e. The largest absolute Gasteiger partial charge is 0.427 e. The van der Waals surface area contributed by atoms with E-state index in [1.165, 1.54) is 0 Å². The van der Waals surface area contributed by atoms with Crippen molar-refractivity contribution in [3.63, 3.8) is 0 Å². The van der Waals surface area contributed by atoms with Gasteiger partial charge < -0.3 is 10.5 Å². The number of halogens is 4. The Morgan fingerprint density at radius 1 is 1.53 bits per heavy atom. The van der Waals surface area contributed by atoms with Gasteiger partial charge in [-0.3, -0.25) is 4.90 Å². The molecule has 1 aromatic rings. The molecule has 19 heavy (non-hydrogen) atoms. The van der Waals surface area contributed by atoms with E-state index in [0.29, 0.717) is 49.1 Å². The normalized spacial score (nSPS) is 21.2. The number of ether oxygens (including phenoxy) is 1. The van der Waals surface area contributed by atoms with Crippen LogP contribution in [0.15, 0.2) is 6.20 Å². The lowest BCUT2D eigenvalue weighted by atomic mass is 10.3. The highest BCUT2D eigenvalue weighted by atomic mass is 35.5. The summed E-state index contributed by atoms with van der Waals surface area (Å²) in [4.78, 5) is 5.17. The highest BCUT2D eigenvalue weighted by Gasteiger charge is 2.33. The fraction of sp³-hybridized carbons (Fsp3) is 0.700. The van der Waals surface area contributed by atoms with E-state index in [9.17, 15) is 13.2 Å². The number of nitrogens with zero attached hydrogens (tertiary/aromatic N) is 2. The van der Waals surface area contributed by atoms with Gasteiger partial charge >= 0.3 is 6.18 Å². The van der Waals surface area contributed by atoms with E-state index >= 15 is 0 Å². The van der Waals surface area contributed by atoms with Crippen LogP contribution in [0.25, 0.3) is 0 Å². The van der Waals surface area contributed by atoms with Crippen molar-refractivity contribution in [1.29, 1.82) is 0 Å². The van der Waals surface area contributed by atoms with E-state index in [1.807, 2.05) is 4.90 Å². The molecule has 2 rings (SSSR count). The molecule has 2 N–H and O–H groups in total. The Hall–Kier alpha value is -0.410. The summed E-state index contributed by atoms with van der Waals surface area (Å²) in [6.45, 7) is 2.72. The predicted molar refractivity (Wildman–Crippen MR) is 68.4 cm³/mol. The van der Waals surface area contributed by atoms with Crippen LogP contribution < -0.4 is 5.73 Å². The predicted octanol–water partition coefficient (Wildman–Crippen LogP) is 1.74. The maximum absolute atomic E-state index is 12.4. The summed E-state index contributed by atoms with van der Waals surface area (Å²) >= 11 is 0.692. The van der Waals surface area contributed by atoms with Crippen LogP contribution in [-0.4, -0.2) is 42.2 Å². The van der Waals surface area contributed by atoms with Gasteiger partial charge in [0.05, 0.1) is 25.5 Å². The standard InChI is InChI=1S/C10H14F3N3OS.ClH/c11-10(12,13)8-4-15-9(18-8)6-16-1-2-17-7(3-14)5-16;/h4,7H,1-3,5-6,14H2;1H. The van der Waals surface area contributed by atoms with Gasteiger partial charge in [0.25, 0.3) is 0 Å². The lowest BCUT2D eigenvalue weighted by molar-refractivity contribution is -0.134. The van der Waals surface area contributed by atoms with E-state index in [2.05, 4.69) is 4.98 Å². The molecule has 1 saturated heterocycles. The van der Waals surface area contributed by atoms with Gasteiger partial charge in [-0.1, -0.05) is 0 Å². The molecule has 1 fully saturated rings. The second-order valence-corrected chi connectivity index (χ2v) is 5.19. The molecule has 1 aliphatic heterocycles. The smallest absolute Gasteiger partial charge is 0.374 e. The van der Waals surface area contributed by atoms with Crippen molar-refractivity contribution < 1.29 is 17.9 Å². The number of aromatic nitrogens is 1. The molecule has 1 aliphatic rings. The van der Waals surface area contributed by atoms with Crippen molar-refractivity contribution >= 4 is 23.7 Å². The van der Waals surface area contributed by atoms with Crippen molar-refractivity contribution in [1.82, 2.24) is 9.88 Å². The van der Waals surface area contributed by atoms with Gasteiger partial charge in [0.2, 0.25) is 0 Å². The lowest BCUT2D eigenvalue weighted by Gasteiger charge is -2.31. The molecular formula is C10H15ClF3N3OS. The minimum Gasteiger partial charge on any atom is -0.374 e. The highest BCUT2D eigenvalue weighted by molar-refractivity contribution is 7.11. The zero-order valence-corrected chi connectivity index (χ0v) is 11.7. The van der Waals surface area contributed by atoms with Crippen LogP contribution in [0.4, 0.5) is 13.2 Å². The second kappa shape index (κ2) is 6.85. The van der Waals surface area contributed by atoms with Crippen molar-refractivity contribution in [2.45, 2.75) is 18.8 Å². The van der Waals surface area contributed by atoms with E-state index in [1.54, 1.807) is 0 Å². The van der Waals surface area contributed by atoms with Gasteiger partial charge in [-0.15, -0.1) is 23.7 Å². The highest BCUT2D eigenvalue weighted by Crippen LogP contribution is 2.33. The third kappa shape index (κ3) is 4.57. The summed E-state index contributed by atoms with van der Waals surface area (Å²) in [5.41, 5.74) is 5.51. The molecule has 110 valence electrons. The average molecular weight is 318 g/mol. The summed E-state index contributed by atoms with van der Waals surface area (Å²) in [5, 5.41) is 0.472. The minimum atomic E-state index is -4.30. The number of hydrogen-bond acceptors (Lipinski definition) is 5. The Labute approximate surface area is 119 Å². The topological polar surface area (TPSA) is 51.4 Å². The first-order chi connectivity index (χ1) is 8.49. The molecular weight excluding hydrogens is 303 g/mol. The molecule has 0 saturated carbocycles. The number of hydrogen-bond donors (Lipinski definition) is 1. The summed E-state index contributed by atoms with van der Waals surface area (Å²) in [6, 6.07) is 0. The van der Waals surface area contributed by atoms with Gasteiger partial charge in [0.1, 0.15) is 9.88 Å². The Balaban J connectivity index is 0.00000180. The molecule has 1 aromatic heterocycles. The Morgan fingerprint density at radius 3 is 2.84 bits per heavy atom.